The highest BCUT2D eigenvalue weighted by molar-refractivity contribution is 5.97. The van der Waals surface area contributed by atoms with Crippen molar-refractivity contribution in [1.82, 2.24) is 4.90 Å². The van der Waals surface area contributed by atoms with Crippen molar-refractivity contribution >= 4 is 11.9 Å². The minimum atomic E-state index is -1.11. The number of aliphatic carboxylic acids is 1. The molecule has 0 bridgehead atoms. The molecule has 1 amide bonds. The van der Waals surface area contributed by atoms with Crippen molar-refractivity contribution in [3.05, 3.63) is 0 Å². The molecule has 0 aromatic carbocycles. The highest BCUT2D eigenvalue weighted by atomic mass is 16.4. The van der Waals surface area contributed by atoms with Gasteiger partial charge in [-0.05, 0) is 11.8 Å². The van der Waals surface area contributed by atoms with Gasteiger partial charge in [-0.25, -0.2) is 0 Å². The van der Waals surface area contributed by atoms with Gasteiger partial charge in [0.1, 0.15) is 5.92 Å². The van der Waals surface area contributed by atoms with Crippen LogP contribution in [0.4, 0.5) is 0 Å². The zero-order valence-corrected chi connectivity index (χ0v) is 11.1. The lowest BCUT2D eigenvalue weighted by atomic mass is 9.80. The minimum absolute atomic E-state index is 0.151. The number of carbonyl (C=O) groups excluding carboxylic acids is 1. The summed E-state index contributed by atoms with van der Waals surface area (Å²) in [4.78, 5) is 24.8. The third-order valence-electron chi connectivity index (χ3n) is 2.54. The monoisotopic (exact) mass is 245 g/mol. The SMILES string of the molecule is CCCN(CCO)C(=O)C(C(=O)O)C(C)(C)C. The zero-order valence-electron chi connectivity index (χ0n) is 11.1. The number of hydrogen-bond acceptors (Lipinski definition) is 3. The van der Waals surface area contributed by atoms with E-state index in [-0.39, 0.29) is 13.2 Å². The fourth-order valence-corrected chi connectivity index (χ4v) is 1.75. The molecule has 0 saturated heterocycles. The number of hydrogen-bond donors (Lipinski definition) is 2. The summed E-state index contributed by atoms with van der Waals surface area (Å²) in [7, 11) is 0. The predicted molar refractivity (Wildman–Crippen MR) is 64.5 cm³/mol. The smallest absolute Gasteiger partial charge is 0.316 e. The fourth-order valence-electron chi connectivity index (χ4n) is 1.75. The van der Waals surface area contributed by atoms with E-state index in [1.54, 1.807) is 20.8 Å². The van der Waals surface area contributed by atoms with Gasteiger partial charge in [0.05, 0.1) is 6.61 Å². The van der Waals surface area contributed by atoms with Crippen LogP contribution in [0.3, 0.4) is 0 Å². The van der Waals surface area contributed by atoms with Gasteiger partial charge in [0.2, 0.25) is 5.91 Å². The average Bonchev–Trinajstić information content (AvgIpc) is 2.14. The Morgan fingerprint density at radius 1 is 1.24 bits per heavy atom. The zero-order chi connectivity index (χ0) is 13.6. The summed E-state index contributed by atoms with van der Waals surface area (Å²) < 4.78 is 0. The minimum Gasteiger partial charge on any atom is -0.481 e. The highest BCUT2D eigenvalue weighted by Gasteiger charge is 2.39. The molecule has 0 aromatic heterocycles. The first-order valence-electron chi connectivity index (χ1n) is 5.88. The molecule has 0 aromatic rings. The van der Waals surface area contributed by atoms with Crippen LogP contribution in [0.1, 0.15) is 34.1 Å². The summed E-state index contributed by atoms with van der Waals surface area (Å²) >= 11 is 0. The topological polar surface area (TPSA) is 77.8 Å². The lowest BCUT2D eigenvalue weighted by Gasteiger charge is -2.31. The van der Waals surface area contributed by atoms with Crippen LogP contribution in [0.15, 0.2) is 0 Å². The second kappa shape index (κ2) is 6.59. The summed E-state index contributed by atoms with van der Waals surface area (Å²) in [5.74, 6) is -2.59. The van der Waals surface area contributed by atoms with Gasteiger partial charge in [0.25, 0.3) is 0 Å². The first-order chi connectivity index (χ1) is 7.75. The van der Waals surface area contributed by atoms with E-state index in [1.165, 1.54) is 4.90 Å². The Kier molecular flexibility index (Phi) is 6.16. The Bertz CT molecular complexity index is 264. The Hall–Kier alpha value is -1.10. The van der Waals surface area contributed by atoms with Crippen molar-refractivity contribution in [2.24, 2.45) is 11.3 Å². The van der Waals surface area contributed by atoms with Gasteiger partial charge in [-0.1, -0.05) is 27.7 Å². The average molecular weight is 245 g/mol. The number of carboxylic acids is 1. The number of carboxylic acid groups (broad SMARTS) is 1. The normalized spacial score (nSPS) is 13.2. The number of nitrogens with zero attached hydrogens (tertiary/aromatic N) is 1. The van der Waals surface area contributed by atoms with Crippen molar-refractivity contribution in [1.29, 1.82) is 0 Å². The molecule has 0 rings (SSSR count). The lowest BCUT2D eigenvalue weighted by molar-refractivity contribution is -0.156. The third kappa shape index (κ3) is 4.73. The van der Waals surface area contributed by atoms with Gasteiger partial charge < -0.3 is 15.1 Å². The standard InChI is InChI=1S/C12H23NO4/c1-5-6-13(7-8-14)10(15)9(11(16)17)12(2,3)4/h9,14H,5-8H2,1-4H3,(H,16,17). The molecule has 1 atom stereocenters. The van der Waals surface area contributed by atoms with Crippen LogP contribution in [0.25, 0.3) is 0 Å². The maximum Gasteiger partial charge on any atom is 0.316 e. The summed E-state index contributed by atoms with van der Waals surface area (Å²) in [6, 6.07) is 0. The second-order valence-corrected chi connectivity index (χ2v) is 5.19. The molecule has 0 aliphatic rings. The van der Waals surface area contributed by atoms with Crippen LogP contribution in [-0.4, -0.2) is 46.7 Å². The van der Waals surface area contributed by atoms with Gasteiger partial charge >= 0.3 is 5.97 Å². The number of rotatable bonds is 6. The van der Waals surface area contributed by atoms with Crippen molar-refractivity contribution in [2.75, 3.05) is 19.7 Å². The Morgan fingerprint density at radius 3 is 2.06 bits per heavy atom. The van der Waals surface area contributed by atoms with Crippen LogP contribution in [0, 0.1) is 11.3 Å². The molecular formula is C12H23NO4. The molecule has 17 heavy (non-hydrogen) atoms. The van der Waals surface area contributed by atoms with Gasteiger partial charge in [-0.2, -0.15) is 0 Å². The summed E-state index contributed by atoms with van der Waals surface area (Å²) in [6.07, 6.45) is 0.738. The van der Waals surface area contributed by atoms with E-state index in [4.69, 9.17) is 10.2 Å². The van der Waals surface area contributed by atoms with E-state index in [1.807, 2.05) is 6.92 Å². The molecule has 0 radical (unpaired) electrons. The summed E-state index contributed by atoms with van der Waals surface area (Å²) in [5, 5.41) is 18.0. The molecule has 0 fully saturated rings. The molecule has 0 aliphatic carbocycles. The maximum atomic E-state index is 12.1. The summed E-state index contributed by atoms with van der Waals surface area (Å²) in [6.45, 7) is 7.60. The first-order valence-corrected chi connectivity index (χ1v) is 5.88. The van der Waals surface area contributed by atoms with E-state index in [0.29, 0.717) is 6.54 Å². The van der Waals surface area contributed by atoms with Crippen LogP contribution in [0.2, 0.25) is 0 Å². The fraction of sp³-hybridized carbons (Fsp3) is 0.833. The number of aliphatic hydroxyl groups is 1. The van der Waals surface area contributed by atoms with Crippen molar-refractivity contribution in [2.45, 2.75) is 34.1 Å². The molecule has 0 spiro atoms. The van der Waals surface area contributed by atoms with Gasteiger partial charge in [-0.3, -0.25) is 9.59 Å². The second-order valence-electron chi connectivity index (χ2n) is 5.19. The molecule has 5 nitrogen and oxygen atoms in total. The molecule has 0 aliphatic heterocycles. The van der Waals surface area contributed by atoms with Crippen LogP contribution in [0.5, 0.6) is 0 Å². The van der Waals surface area contributed by atoms with Crippen molar-refractivity contribution < 1.29 is 19.8 Å². The van der Waals surface area contributed by atoms with E-state index < -0.39 is 23.2 Å². The Labute approximate surface area is 102 Å². The highest BCUT2D eigenvalue weighted by Crippen LogP contribution is 2.28. The molecule has 1 unspecified atom stereocenters. The summed E-state index contributed by atoms with van der Waals surface area (Å²) in [5.41, 5.74) is -0.635. The van der Waals surface area contributed by atoms with Crippen molar-refractivity contribution in [3.63, 3.8) is 0 Å². The molecular weight excluding hydrogens is 222 g/mol. The van der Waals surface area contributed by atoms with Crippen LogP contribution < -0.4 is 0 Å². The number of carbonyl (C=O) groups is 2. The van der Waals surface area contributed by atoms with Gasteiger partial charge in [0.15, 0.2) is 0 Å². The van der Waals surface area contributed by atoms with Crippen LogP contribution >= 0.6 is 0 Å². The number of amides is 1. The third-order valence-corrected chi connectivity index (χ3v) is 2.54. The molecule has 0 saturated carbocycles. The number of aliphatic hydroxyl groups excluding tert-OH is 1. The van der Waals surface area contributed by atoms with Crippen LogP contribution in [-0.2, 0) is 9.59 Å². The molecule has 100 valence electrons. The Morgan fingerprint density at radius 2 is 1.76 bits per heavy atom. The van der Waals surface area contributed by atoms with Crippen molar-refractivity contribution in [3.8, 4) is 0 Å². The van der Waals surface area contributed by atoms with E-state index >= 15 is 0 Å². The largest absolute Gasteiger partial charge is 0.481 e. The molecule has 5 heteroatoms. The predicted octanol–water partition coefficient (Wildman–Crippen LogP) is 0.964. The van der Waals surface area contributed by atoms with E-state index in [9.17, 15) is 9.59 Å². The van der Waals surface area contributed by atoms with Gasteiger partial charge in [0, 0.05) is 13.1 Å². The maximum absolute atomic E-state index is 12.1. The van der Waals surface area contributed by atoms with E-state index in [0.717, 1.165) is 6.42 Å². The lowest BCUT2D eigenvalue weighted by Crippen LogP contribution is -2.46. The van der Waals surface area contributed by atoms with Gasteiger partial charge in [-0.15, -0.1) is 0 Å². The Balaban J connectivity index is 4.97. The first kappa shape index (κ1) is 15.9. The molecule has 2 N–H and O–H groups in total. The molecule has 0 heterocycles. The quantitative estimate of drug-likeness (QED) is 0.683. The van der Waals surface area contributed by atoms with E-state index in [2.05, 4.69) is 0 Å².